The number of carboxylic acids is 1. The fraction of sp³-hybridized carbons (Fsp3) is 0.118. The number of halogens is 1. The smallest absolute Gasteiger partial charge is 0.321 e. The molecule has 0 radical (unpaired) electrons. The van der Waals surface area contributed by atoms with E-state index in [1.165, 1.54) is 20.9 Å². The van der Waals surface area contributed by atoms with Crippen molar-refractivity contribution >= 4 is 70.3 Å². The second kappa shape index (κ2) is 9.00. The summed E-state index contributed by atoms with van der Waals surface area (Å²) in [5, 5.41) is 13.5. The van der Waals surface area contributed by atoms with Gasteiger partial charge in [-0.25, -0.2) is 4.72 Å². The number of H-pyrrole nitrogens is 1. The highest BCUT2D eigenvalue weighted by Crippen LogP contribution is 2.26. The van der Waals surface area contributed by atoms with E-state index in [-0.39, 0.29) is 0 Å². The topological polar surface area (TPSA) is 65.1 Å². The maximum absolute atomic E-state index is 11.6. The van der Waals surface area contributed by atoms with Crippen LogP contribution in [0, 0.1) is 11.2 Å². The lowest BCUT2D eigenvalue weighted by Crippen LogP contribution is -2.34. The van der Waals surface area contributed by atoms with Crippen LogP contribution in [0.15, 0.2) is 46.8 Å². The van der Waals surface area contributed by atoms with Crippen molar-refractivity contribution in [1.29, 1.82) is 0 Å². The van der Waals surface area contributed by atoms with Crippen LogP contribution in [0.1, 0.15) is 10.4 Å². The molecule has 1 atom stereocenters. The molecule has 0 saturated heterocycles. The van der Waals surface area contributed by atoms with E-state index in [4.69, 9.17) is 0 Å². The first-order valence-corrected chi connectivity index (χ1v) is 12.2. The van der Waals surface area contributed by atoms with Gasteiger partial charge < -0.3 is 10.1 Å². The molecular weight excluding hydrogens is 487 g/mol. The van der Waals surface area contributed by atoms with E-state index in [1.807, 2.05) is 42.6 Å². The van der Waals surface area contributed by atoms with Crippen LogP contribution >= 0.6 is 53.4 Å². The fourth-order valence-corrected chi connectivity index (χ4v) is 4.63. The predicted octanol–water partition coefficient (Wildman–Crippen LogP) is 4.91. The number of thiophene rings is 1. The van der Waals surface area contributed by atoms with Gasteiger partial charge in [0.1, 0.15) is 6.04 Å². The van der Waals surface area contributed by atoms with Crippen LogP contribution in [0.4, 0.5) is 0 Å². The van der Waals surface area contributed by atoms with E-state index in [2.05, 4.69) is 42.1 Å². The average Bonchev–Trinajstić information content (AvgIpc) is 3.23. The maximum Gasteiger partial charge on any atom is 0.321 e. The number of carbonyl (C=O) groups is 1. The summed E-state index contributed by atoms with van der Waals surface area (Å²) in [6, 6.07) is 11.1. The van der Waals surface area contributed by atoms with Crippen molar-refractivity contribution in [1.82, 2.24) is 9.71 Å². The number of aromatic nitrogens is 1. The summed E-state index contributed by atoms with van der Waals surface area (Å²) in [6.07, 6.45) is 2.29. The van der Waals surface area contributed by atoms with Crippen molar-refractivity contribution in [3.05, 3.63) is 53.0 Å². The zero-order chi connectivity index (χ0) is 17.6. The van der Waals surface area contributed by atoms with Gasteiger partial charge in [-0.1, -0.05) is 18.2 Å². The lowest BCUT2D eigenvalue weighted by Gasteiger charge is -2.12. The van der Waals surface area contributed by atoms with Gasteiger partial charge in [-0.15, -0.1) is 11.3 Å². The van der Waals surface area contributed by atoms with Gasteiger partial charge in [0.25, 0.3) is 0 Å². The van der Waals surface area contributed by atoms with Crippen molar-refractivity contribution in [2.45, 2.75) is 16.7 Å². The zero-order valence-electron chi connectivity index (χ0n) is 12.8. The zero-order valence-corrected chi connectivity index (χ0v) is 17.4. The van der Waals surface area contributed by atoms with Gasteiger partial charge in [0.2, 0.25) is 0 Å². The monoisotopic (exact) mass is 500 g/mol. The van der Waals surface area contributed by atoms with E-state index in [0.29, 0.717) is 6.42 Å². The lowest BCUT2D eigenvalue weighted by molar-refractivity contribution is -0.138. The van der Waals surface area contributed by atoms with Gasteiger partial charge >= 0.3 is 5.97 Å². The summed E-state index contributed by atoms with van der Waals surface area (Å²) < 4.78 is 4.06. The molecule has 0 aliphatic heterocycles. The Bertz CT molecular complexity index is 942. The third kappa shape index (κ3) is 4.95. The number of rotatable bonds is 6. The molecule has 0 bridgehead atoms. The number of hydrogen-bond donors (Lipinski definition) is 3. The number of fused-ring (bicyclic) bond motifs is 1. The molecule has 4 nitrogen and oxygen atoms in total. The fourth-order valence-electron chi connectivity index (χ4n) is 2.34. The predicted molar refractivity (Wildman–Crippen MR) is 115 cm³/mol. The van der Waals surface area contributed by atoms with Crippen molar-refractivity contribution < 1.29 is 9.90 Å². The summed E-state index contributed by atoms with van der Waals surface area (Å²) in [7, 11) is 1.44. The Morgan fingerprint density at radius 3 is 3.00 bits per heavy atom. The molecule has 25 heavy (non-hydrogen) atoms. The third-order valence-corrected chi connectivity index (χ3v) is 6.37. The molecule has 3 aromatic rings. The second-order valence-electron chi connectivity index (χ2n) is 5.10. The number of benzene rings is 1. The quantitative estimate of drug-likeness (QED) is 0.255. The van der Waals surface area contributed by atoms with E-state index >= 15 is 0 Å². The molecule has 0 spiro atoms. The lowest BCUT2D eigenvalue weighted by atomic mass is 10.1. The summed E-state index contributed by atoms with van der Waals surface area (Å²) in [5.41, 5.74) is 2.01. The van der Waals surface area contributed by atoms with Crippen LogP contribution in [-0.2, 0) is 11.2 Å². The molecular formula is C17H13IN2O2S3. The number of carboxylic acid groups (broad SMARTS) is 1. The molecule has 8 heteroatoms. The molecule has 0 saturated carbocycles. The molecule has 3 N–H and O–H groups in total. The third-order valence-electron chi connectivity index (χ3n) is 3.49. The molecule has 2 aromatic heterocycles. The highest BCUT2D eigenvalue weighted by atomic mass is 127. The minimum atomic E-state index is -0.865. The highest BCUT2D eigenvalue weighted by molar-refractivity contribution is 14.2. The Morgan fingerprint density at radius 2 is 2.20 bits per heavy atom. The minimum absolute atomic E-state index is 0.413. The first kappa shape index (κ1) is 18.7. The first-order chi connectivity index (χ1) is 12.2. The normalized spacial score (nSPS) is 11.9. The molecule has 0 aliphatic carbocycles. The molecule has 0 fully saturated rings. The summed E-state index contributed by atoms with van der Waals surface area (Å²) in [6.45, 7) is 0. The molecule has 1 unspecified atom stereocenters. The van der Waals surface area contributed by atoms with E-state index in [1.54, 1.807) is 11.3 Å². The van der Waals surface area contributed by atoms with Crippen LogP contribution in [0.2, 0.25) is 0 Å². The number of aliphatic carboxylic acids is 1. The molecule has 0 amide bonds. The molecule has 2 heterocycles. The summed E-state index contributed by atoms with van der Waals surface area (Å²) in [4.78, 5) is 15.8. The van der Waals surface area contributed by atoms with Gasteiger partial charge in [0.15, 0.2) is 0 Å². The Kier molecular flexibility index (Phi) is 6.72. The van der Waals surface area contributed by atoms with Gasteiger partial charge in [-0.05, 0) is 55.8 Å². The molecule has 128 valence electrons. The van der Waals surface area contributed by atoms with Crippen molar-refractivity contribution in [3.8, 4) is 11.2 Å². The Balaban J connectivity index is 1.67. The van der Waals surface area contributed by atoms with Crippen molar-refractivity contribution in [3.63, 3.8) is 0 Å². The standard InChI is InChI=1S/C17H13IN2O2S3/c18-23-8-7-12-5-6-16(24-12)25-20-15(17(21)22)9-11-10-19-14-4-2-1-3-13(11)14/h1-6,10,15,19-20H,9H2,(H,21,22). The van der Waals surface area contributed by atoms with Crippen molar-refractivity contribution in [2.24, 2.45) is 0 Å². The summed E-state index contributed by atoms with van der Waals surface area (Å²) >= 11 is 5.02. The highest BCUT2D eigenvalue weighted by Gasteiger charge is 2.20. The second-order valence-corrected chi connectivity index (χ2v) is 9.00. The Hall–Kier alpha value is -1.12. The van der Waals surface area contributed by atoms with Crippen LogP contribution in [0.25, 0.3) is 10.9 Å². The largest absolute Gasteiger partial charge is 0.480 e. The van der Waals surface area contributed by atoms with Crippen LogP contribution in [-0.4, -0.2) is 22.1 Å². The van der Waals surface area contributed by atoms with Gasteiger partial charge in [0.05, 0.1) is 9.09 Å². The maximum atomic E-state index is 11.6. The van der Waals surface area contributed by atoms with E-state index in [0.717, 1.165) is 25.6 Å². The average molecular weight is 500 g/mol. The Labute approximate surface area is 169 Å². The molecule has 1 aromatic carbocycles. The molecule has 0 aliphatic rings. The van der Waals surface area contributed by atoms with Gasteiger partial charge in [-0.3, -0.25) is 4.79 Å². The van der Waals surface area contributed by atoms with E-state index in [9.17, 15) is 9.90 Å². The van der Waals surface area contributed by atoms with E-state index < -0.39 is 12.0 Å². The number of aromatic amines is 1. The Morgan fingerprint density at radius 1 is 1.36 bits per heavy atom. The number of nitrogens with one attached hydrogen (secondary N) is 2. The van der Waals surface area contributed by atoms with Crippen LogP contribution in [0.3, 0.4) is 0 Å². The number of hydrogen-bond acceptors (Lipinski definition) is 5. The SMILES string of the molecule is O=C(O)C(Cc1c[nH]c2ccccc12)NSc1ccc(C#CSI)s1. The van der Waals surface area contributed by atoms with Gasteiger partial charge in [0, 0.05) is 44.7 Å². The molecule has 3 rings (SSSR count). The van der Waals surface area contributed by atoms with Crippen LogP contribution < -0.4 is 4.72 Å². The van der Waals surface area contributed by atoms with Crippen molar-refractivity contribution in [2.75, 3.05) is 0 Å². The summed E-state index contributed by atoms with van der Waals surface area (Å²) in [5.74, 6) is 2.18. The minimum Gasteiger partial charge on any atom is -0.480 e. The van der Waals surface area contributed by atoms with Crippen LogP contribution in [0.5, 0.6) is 0 Å². The number of para-hydroxylation sites is 1. The van der Waals surface area contributed by atoms with Gasteiger partial charge in [-0.2, -0.15) is 0 Å². The first-order valence-electron chi connectivity index (χ1n) is 7.26.